The van der Waals surface area contributed by atoms with Crippen LogP contribution in [0.15, 0.2) is 0 Å². The normalized spacial score (nSPS) is 13.9. The van der Waals surface area contributed by atoms with Crippen molar-refractivity contribution in [3.63, 3.8) is 0 Å². The largest absolute Gasteiger partial charge is 0.472 e. The van der Waals surface area contributed by atoms with E-state index in [9.17, 15) is 43.2 Å². The molecule has 612 valence electrons. The molecule has 2 unspecified atom stereocenters. The van der Waals surface area contributed by atoms with Gasteiger partial charge in [0.25, 0.3) is 0 Å². The molecule has 103 heavy (non-hydrogen) atoms. The molecule has 0 amide bonds. The first-order valence-electron chi connectivity index (χ1n) is 43.5. The summed E-state index contributed by atoms with van der Waals surface area (Å²) in [5.41, 5.74) is 0. The molecule has 19 heteroatoms. The van der Waals surface area contributed by atoms with Crippen molar-refractivity contribution < 1.29 is 80.2 Å². The highest BCUT2D eigenvalue weighted by molar-refractivity contribution is 7.47. The molecular formula is C84H164O17P2. The number of aliphatic hydroxyl groups excluding tert-OH is 1. The Hall–Kier alpha value is -1.94. The molecule has 0 aromatic heterocycles. The molecule has 0 radical (unpaired) electrons. The molecule has 0 heterocycles. The van der Waals surface area contributed by atoms with E-state index in [1.54, 1.807) is 0 Å². The van der Waals surface area contributed by atoms with E-state index in [0.717, 1.165) is 102 Å². The molecule has 0 saturated carbocycles. The van der Waals surface area contributed by atoms with Gasteiger partial charge in [0, 0.05) is 25.7 Å². The van der Waals surface area contributed by atoms with Crippen LogP contribution in [0.1, 0.15) is 446 Å². The topological polar surface area (TPSA) is 237 Å². The van der Waals surface area contributed by atoms with Crippen LogP contribution in [-0.2, 0) is 65.4 Å². The minimum atomic E-state index is -4.96. The average molecular weight is 1510 g/mol. The van der Waals surface area contributed by atoms with Crippen LogP contribution in [0.2, 0.25) is 0 Å². The Bertz CT molecular complexity index is 1980. The monoisotopic (exact) mass is 1510 g/mol. The third-order valence-electron chi connectivity index (χ3n) is 19.7. The lowest BCUT2D eigenvalue weighted by molar-refractivity contribution is -0.161. The molecule has 0 aromatic carbocycles. The Morgan fingerprint density at radius 2 is 0.447 bits per heavy atom. The maximum atomic E-state index is 13.1. The second kappa shape index (κ2) is 75.5. The van der Waals surface area contributed by atoms with Gasteiger partial charge in [-0.2, -0.15) is 0 Å². The lowest BCUT2D eigenvalue weighted by Crippen LogP contribution is -2.30. The summed E-state index contributed by atoms with van der Waals surface area (Å²) >= 11 is 0. The summed E-state index contributed by atoms with van der Waals surface area (Å²) in [5, 5.41) is 10.7. The van der Waals surface area contributed by atoms with E-state index in [4.69, 9.17) is 37.0 Å². The minimum Gasteiger partial charge on any atom is -0.462 e. The molecule has 0 spiro atoms. The van der Waals surface area contributed by atoms with Gasteiger partial charge in [-0.3, -0.25) is 37.3 Å². The predicted molar refractivity (Wildman–Crippen MR) is 423 cm³/mol. The van der Waals surface area contributed by atoms with Gasteiger partial charge in [0.1, 0.15) is 19.3 Å². The first kappa shape index (κ1) is 101. The number of ether oxygens (including phenoxy) is 4. The van der Waals surface area contributed by atoms with Crippen molar-refractivity contribution in [2.45, 2.75) is 464 Å². The fourth-order valence-corrected chi connectivity index (χ4v) is 14.6. The van der Waals surface area contributed by atoms with Gasteiger partial charge < -0.3 is 33.8 Å². The molecule has 0 aromatic rings. The van der Waals surface area contributed by atoms with Gasteiger partial charge in [-0.05, 0) is 37.5 Å². The van der Waals surface area contributed by atoms with Gasteiger partial charge in [0.2, 0.25) is 0 Å². The van der Waals surface area contributed by atoms with Crippen LogP contribution in [0, 0.1) is 11.8 Å². The number of hydrogen-bond donors (Lipinski definition) is 3. The standard InChI is InChI=1S/C84H164O17P2/c1-7-9-11-13-15-17-19-21-23-25-26-27-28-29-31-33-35-40-44-48-56-62-68-83(88)100-79(72-94-81(86)66-60-54-47-43-39-34-32-30-24-22-20-18-16-14-12-10-8-2)74-98-102(90,91)96-70-78(85)71-97-103(92,93)99-75-80(73-95-82(87)67-61-55-51-50-53-59-65-77(5)6)101-84(89)69-63-57-49-45-41-37-36-38-42-46-52-58-64-76(3)4/h76-80,85H,7-75H2,1-6H3,(H,90,91)(H,92,93)/t78-,79-,80-/m1/s1. The predicted octanol–water partition coefficient (Wildman–Crippen LogP) is 25.5. The zero-order valence-electron chi connectivity index (χ0n) is 67.6. The second-order valence-electron chi connectivity index (χ2n) is 31.2. The van der Waals surface area contributed by atoms with E-state index in [0.29, 0.717) is 31.6 Å². The highest BCUT2D eigenvalue weighted by atomic mass is 31.2. The molecule has 0 aliphatic rings. The Labute approximate surface area is 632 Å². The smallest absolute Gasteiger partial charge is 0.462 e. The van der Waals surface area contributed by atoms with Crippen LogP contribution in [0.25, 0.3) is 0 Å². The van der Waals surface area contributed by atoms with Crippen molar-refractivity contribution in [1.82, 2.24) is 0 Å². The molecule has 0 rings (SSSR count). The molecule has 0 aliphatic carbocycles. The summed E-state index contributed by atoms with van der Waals surface area (Å²) in [7, 11) is -9.92. The van der Waals surface area contributed by atoms with E-state index in [2.05, 4.69) is 41.5 Å². The van der Waals surface area contributed by atoms with Gasteiger partial charge >= 0.3 is 39.5 Å². The maximum absolute atomic E-state index is 13.1. The fourth-order valence-electron chi connectivity index (χ4n) is 13.1. The van der Waals surface area contributed by atoms with E-state index < -0.39 is 97.5 Å². The SMILES string of the molecule is CCCCCCCCCCCCCCCCCCCCCCCCC(=O)O[C@H](COC(=O)CCCCCCCCCCCCCCCCCCC)COP(=O)(O)OC[C@@H](O)COP(=O)(O)OC[C@@H](COC(=O)CCCCCCCCC(C)C)OC(=O)CCCCCCCCCCCCCCC(C)C. The van der Waals surface area contributed by atoms with Crippen molar-refractivity contribution in [1.29, 1.82) is 0 Å². The third kappa shape index (κ3) is 78.0. The molecule has 5 atom stereocenters. The molecule has 3 N–H and O–H groups in total. The van der Waals surface area contributed by atoms with Gasteiger partial charge in [-0.15, -0.1) is 0 Å². The number of hydrogen-bond acceptors (Lipinski definition) is 15. The first-order valence-corrected chi connectivity index (χ1v) is 46.5. The fraction of sp³-hybridized carbons (Fsp3) is 0.952. The average Bonchev–Trinajstić information content (AvgIpc) is 0.913. The summed E-state index contributed by atoms with van der Waals surface area (Å²) in [5.74, 6) is -0.652. The van der Waals surface area contributed by atoms with Crippen molar-refractivity contribution in [3.05, 3.63) is 0 Å². The van der Waals surface area contributed by atoms with Crippen molar-refractivity contribution >= 4 is 39.5 Å². The number of unbranched alkanes of at least 4 members (excludes halogenated alkanes) is 53. The molecule has 0 saturated heterocycles. The van der Waals surface area contributed by atoms with Crippen LogP contribution in [0.4, 0.5) is 0 Å². The highest BCUT2D eigenvalue weighted by Crippen LogP contribution is 2.45. The Morgan fingerprint density at radius 3 is 0.660 bits per heavy atom. The molecule has 0 bridgehead atoms. The van der Waals surface area contributed by atoms with Gasteiger partial charge in [0.05, 0.1) is 26.4 Å². The number of rotatable bonds is 83. The zero-order chi connectivity index (χ0) is 75.6. The third-order valence-corrected chi connectivity index (χ3v) is 21.6. The van der Waals surface area contributed by atoms with E-state index in [1.807, 2.05) is 0 Å². The Morgan fingerprint density at radius 1 is 0.262 bits per heavy atom. The highest BCUT2D eigenvalue weighted by Gasteiger charge is 2.30. The Kier molecular flexibility index (Phi) is 74.1. The maximum Gasteiger partial charge on any atom is 0.472 e. The quantitative estimate of drug-likeness (QED) is 0.0222. The van der Waals surface area contributed by atoms with Crippen molar-refractivity contribution in [2.24, 2.45) is 11.8 Å². The number of carbonyl (C=O) groups is 4. The summed E-state index contributed by atoms with van der Waals surface area (Å²) in [6.45, 7) is 9.58. The van der Waals surface area contributed by atoms with Crippen LogP contribution in [-0.4, -0.2) is 96.7 Å². The molecule has 0 fully saturated rings. The summed E-state index contributed by atoms with van der Waals surface area (Å²) in [6, 6.07) is 0. The lowest BCUT2D eigenvalue weighted by Gasteiger charge is -2.21. The first-order chi connectivity index (χ1) is 49.9. The minimum absolute atomic E-state index is 0.106. The zero-order valence-corrected chi connectivity index (χ0v) is 69.4. The Balaban J connectivity index is 5.20. The van der Waals surface area contributed by atoms with Crippen molar-refractivity contribution in [2.75, 3.05) is 39.6 Å². The van der Waals surface area contributed by atoms with Crippen LogP contribution >= 0.6 is 15.6 Å². The number of carbonyl (C=O) groups excluding carboxylic acids is 4. The number of esters is 4. The van der Waals surface area contributed by atoms with E-state index in [-0.39, 0.29) is 25.7 Å². The van der Waals surface area contributed by atoms with Crippen LogP contribution in [0.3, 0.4) is 0 Å². The van der Waals surface area contributed by atoms with Gasteiger partial charge in [0.15, 0.2) is 12.2 Å². The second-order valence-corrected chi connectivity index (χ2v) is 34.1. The lowest BCUT2D eigenvalue weighted by atomic mass is 10.0. The van der Waals surface area contributed by atoms with Crippen LogP contribution < -0.4 is 0 Å². The number of phosphoric ester groups is 2. The summed E-state index contributed by atoms with van der Waals surface area (Å²) in [4.78, 5) is 73.1. The van der Waals surface area contributed by atoms with Gasteiger partial charge in [-0.25, -0.2) is 9.13 Å². The molecule has 0 aliphatic heterocycles. The number of phosphoric acid groups is 2. The van der Waals surface area contributed by atoms with E-state index >= 15 is 0 Å². The van der Waals surface area contributed by atoms with Crippen molar-refractivity contribution in [3.8, 4) is 0 Å². The van der Waals surface area contributed by atoms with E-state index in [1.165, 1.54) is 257 Å². The molecular weight excluding hydrogens is 1340 g/mol. The molecule has 17 nitrogen and oxygen atoms in total. The van der Waals surface area contributed by atoms with Crippen LogP contribution in [0.5, 0.6) is 0 Å². The number of aliphatic hydroxyl groups is 1. The summed E-state index contributed by atoms with van der Waals surface area (Å²) in [6.07, 6.45) is 66.9. The summed E-state index contributed by atoms with van der Waals surface area (Å²) < 4.78 is 68.8. The van der Waals surface area contributed by atoms with Gasteiger partial charge in [-0.1, -0.05) is 395 Å².